The van der Waals surface area contributed by atoms with E-state index < -0.39 is 10.0 Å². The van der Waals surface area contributed by atoms with E-state index in [4.69, 9.17) is 9.47 Å². The van der Waals surface area contributed by atoms with Crippen molar-refractivity contribution in [2.45, 2.75) is 56.0 Å². The highest BCUT2D eigenvalue weighted by atomic mass is 32.2. The first-order valence-electron chi connectivity index (χ1n) is 11.4. The molecule has 3 aliphatic rings. The summed E-state index contributed by atoms with van der Waals surface area (Å²) in [5.74, 6) is 0.785. The molecule has 0 aromatic heterocycles. The normalized spacial score (nSPS) is 24.6. The molecule has 1 amide bonds. The Morgan fingerprint density at radius 2 is 1.88 bits per heavy atom. The highest BCUT2D eigenvalue weighted by molar-refractivity contribution is 7.89. The van der Waals surface area contributed by atoms with Gasteiger partial charge in [-0.15, -0.1) is 0 Å². The van der Waals surface area contributed by atoms with E-state index in [9.17, 15) is 13.2 Å². The molecule has 2 aliphatic heterocycles. The molecule has 1 aromatic carbocycles. The number of ether oxygens (including phenoxy) is 2. The zero-order valence-electron chi connectivity index (χ0n) is 18.8. The average Bonchev–Trinajstić information content (AvgIpc) is 2.82. The summed E-state index contributed by atoms with van der Waals surface area (Å²) in [7, 11) is -1.94. The second-order valence-electron chi connectivity index (χ2n) is 8.63. The van der Waals surface area contributed by atoms with Gasteiger partial charge in [0.15, 0.2) is 0 Å². The Balaban J connectivity index is 1.44. The van der Waals surface area contributed by atoms with Crippen LogP contribution in [0.15, 0.2) is 53.1 Å². The van der Waals surface area contributed by atoms with Crippen LogP contribution in [0.2, 0.25) is 0 Å². The Labute approximate surface area is 190 Å². The van der Waals surface area contributed by atoms with Gasteiger partial charge in [-0.3, -0.25) is 4.90 Å². The number of rotatable bonds is 7. The van der Waals surface area contributed by atoms with Crippen LogP contribution >= 0.6 is 0 Å². The van der Waals surface area contributed by atoms with Crippen LogP contribution in [-0.4, -0.2) is 62.6 Å². The third-order valence-corrected chi connectivity index (χ3v) is 8.57. The van der Waals surface area contributed by atoms with Crippen LogP contribution in [0.5, 0.6) is 0 Å². The number of fused-ring (bicyclic) bond motifs is 1. The minimum absolute atomic E-state index is 0.0423. The van der Waals surface area contributed by atoms with E-state index in [0.717, 1.165) is 30.6 Å². The summed E-state index contributed by atoms with van der Waals surface area (Å²) in [6, 6.07) is 6.95. The van der Waals surface area contributed by atoms with Crippen molar-refractivity contribution in [3.63, 3.8) is 0 Å². The van der Waals surface area contributed by atoms with Crippen molar-refractivity contribution >= 4 is 16.1 Å². The number of hydrogen-bond donors (Lipinski definition) is 0. The van der Waals surface area contributed by atoms with Gasteiger partial charge in [-0.2, -0.15) is 4.31 Å². The molecule has 4 rings (SSSR count). The van der Waals surface area contributed by atoms with Crippen molar-refractivity contribution in [3.8, 4) is 0 Å². The topological polar surface area (TPSA) is 76.2 Å². The van der Waals surface area contributed by atoms with Gasteiger partial charge in [0.2, 0.25) is 10.0 Å². The van der Waals surface area contributed by atoms with Crippen molar-refractivity contribution in [1.29, 1.82) is 0 Å². The fraction of sp³-hybridized carbons (Fsp3) is 0.542. The maximum absolute atomic E-state index is 13.2. The second kappa shape index (κ2) is 9.67. The average molecular weight is 461 g/mol. The van der Waals surface area contributed by atoms with Crippen LogP contribution in [0.4, 0.5) is 4.79 Å². The summed E-state index contributed by atoms with van der Waals surface area (Å²) >= 11 is 0. The molecule has 2 fully saturated rings. The lowest BCUT2D eigenvalue weighted by molar-refractivity contribution is -0.0118. The van der Waals surface area contributed by atoms with Crippen molar-refractivity contribution < 1.29 is 22.7 Å². The SMILES string of the molecule is CCCCc1ccc(S(=O)(=O)N2CCC(N3C(=O)OCC4C=CC=C(OC)C43)CC2)cc1. The Hall–Kier alpha value is -2.32. The van der Waals surface area contributed by atoms with Crippen molar-refractivity contribution in [2.24, 2.45) is 5.92 Å². The van der Waals surface area contributed by atoms with Gasteiger partial charge in [0.25, 0.3) is 0 Å². The number of unbranched alkanes of at least 4 members (excludes halogenated alkanes) is 1. The summed E-state index contributed by atoms with van der Waals surface area (Å²) in [6.07, 6.45) is 9.79. The zero-order valence-corrected chi connectivity index (χ0v) is 19.6. The number of piperidine rings is 1. The minimum atomic E-state index is -3.55. The van der Waals surface area contributed by atoms with E-state index in [2.05, 4.69) is 6.92 Å². The van der Waals surface area contributed by atoms with Gasteiger partial charge in [0.05, 0.1) is 12.0 Å². The molecule has 7 nitrogen and oxygen atoms in total. The molecule has 2 atom stereocenters. The second-order valence-corrected chi connectivity index (χ2v) is 10.6. The summed E-state index contributed by atoms with van der Waals surface area (Å²) in [4.78, 5) is 14.8. The maximum Gasteiger partial charge on any atom is 0.410 e. The molecule has 0 spiro atoms. The number of hydrogen-bond acceptors (Lipinski definition) is 5. The van der Waals surface area contributed by atoms with E-state index in [0.29, 0.717) is 37.4 Å². The number of sulfonamides is 1. The fourth-order valence-electron chi connectivity index (χ4n) is 4.84. The maximum atomic E-state index is 13.2. The van der Waals surface area contributed by atoms with Crippen molar-refractivity contribution in [2.75, 3.05) is 26.8 Å². The molecule has 2 unspecified atom stereocenters. The van der Waals surface area contributed by atoms with Crippen LogP contribution in [0.1, 0.15) is 38.2 Å². The monoisotopic (exact) mass is 460 g/mol. The first kappa shape index (κ1) is 22.9. The molecule has 32 heavy (non-hydrogen) atoms. The minimum Gasteiger partial charge on any atom is -0.499 e. The Morgan fingerprint density at radius 1 is 1.16 bits per heavy atom. The number of amides is 1. The predicted octanol–water partition coefficient (Wildman–Crippen LogP) is 3.72. The Bertz CT molecular complexity index is 978. The van der Waals surface area contributed by atoms with Gasteiger partial charge in [-0.1, -0.05) is 37.6 Å². The summed E-state index contributed by atoms with van der Waals surface area (Å²) in [5, 5.41) is 0. The number of carbonyl (C=O) groups excluding carboxylic acids is 1. The number of carbonyl (C=O) groups is 1. The van der Waals surface area contributed by atoms with Crippen molar-refractivity contribution in [3.05, 3.63) is 53.8 Å². The number of benzene rings is 1. The molecule has 174 valence electrons. The third kappa shape index (κ3) is 4.43. The number of methoxy groups -OCH3 is 1. The van der Waals surface area contributed by atoms with Crippen LogP contribution in [0.25, 0.3) is 0 Å². The number of nitrogens with zero attached hydrogens (tertiary/aromatic N) is 2. The quantitative estimate of drug-likeness (QED) is 0.620. The van der Waals surface area contributed by atoms with Crippen molar-refractivity contribution in [1.82, 2.24) is 9.21 Å². The molecule has 1 aliphatic carbocycles. The number of aryl methyl sites for hydroxylation is 1. The first-order valence-corrected chi connectivity index (χ1v) is 12.9. The molecule has 8 heteroatoms. The van der Waals surface area contributed by atoms with E-state index in [1.165, 1.54) is 4.31 Å². The van der Waals surface area contributed by atoms with Crippen LogP contribution < -0.4 is 0 Å². The highest BCUT2D eigenvalue weighted by Gasteiger charge is 2.45. The summed E-state index contributed by atoms with van der Waals surface area (Å²) in [6.45, 7) is 3.21. The van der Waals surface area contributed by atoms with Gasteiger partial charge in [-0.25, -0.2) is 13.2 Å². The molecule has 0 radical (unpaired) electrons. The van der Waals surface area contributed by atoms with Gasteiger partial charge in [0, 0.05) is 25.0 Å². The highest BCUT2D eigenvalue weighted by Crippen LogP contribution is 2.34. The molecular formula is C24H32N2O5S. The van der Waals surface area contributed by atoms with E-state index in [1.54, 1.807) is 24.1 Å². The first-order chi connectivity index (χ1) is 15.5. The smallest absolute Gasteiger partial charge is 0.410 e. The lowest BCUT2D eigenvalue weighted by Gasteiger charge is -2.46. The number of cyclic esters (lactones) is 1. The van der Waals surface area contributed by atoms with Crippen LogP contribution in [0, 0.1) is 5.92 Å². The zero-order chi connectivity index (χ0) is 22.7. The summed E-state index contributed by atoms with van der Waals surface area (Å²) < 4.78 is 38.9. The molecule has 0 saturated carbocycles. The fourth-order valence-corrected chi connectivity index (χ4v) is 6.31. The molecule has 0 bridgehead atoms. The molecule has 1 aromatic rings. The molecular weight excluding hydrogens is 428 g/mol. The Morgan fingerprint density at radius 3 is 2.53 bits per heavy atom. The third-order valence-electron chi connectivity index (χ3n) is 6.66. The van der Waals surface area contributed by atoms with Crippen LogP contribution in [-0.2, 0) is 25.9 Å². The lowest BCUT2D eigenvalue weighted by Crippen LogP contribution is -2.58. The Kier molecular flexibility index (Phi) is 6.90. The molecule has 2 heterocycles. The largest absolute Gasteiger partial charge is 0.499 e. The van der Waals surface area contributed by atoms with Crippen LogP contribution in [0.3, 0.4) is 0 Å². The predicted molar refractivity (Wildman–Crippen MR) is 122 cm³/mol. The molecule has 2 saturated heterocycles. The van der Waals surface area contributed by atoms with Gasteiger partial charge in [0.1, 0.15) is 18.4 Å². The van der Waals surface area contributed by atoms with E-state index in [1.807, 2.05) is 30.4 Å². The lowest BCUT2D eigenvalue weighted by atomic mass is 9.89. The molecule has 0 N–H and O–H groups in total. The number of allylic oxidation sites excluding steroid dienone is 2. The van der Waals surface area contributed by atoms with E-state index >= 15 is 0 Å². The van der Waals surface area contributed by atoms with Gasteiger partial charge >= 0.3 is 6.09 Å². The van der Waals surface area contributed by atoms with Gasteiger partial charge in [-0.05, 0) is 49.5 Å². The van der Waals surface area contributed by atoms with Gasteiger partial charge < -0.3 is 9.47 Å². The summed E-state index contributed by atoms with van der Waals surface area (Å²) in [5.41, 5.74) is 1.16. The standard InChI is InChI=1S/C24H32N2O5S/c1-3-4-6-18-9-11-21(12-10-18)32(28,29)25-15-13-20(14-16-25)26-23-19(17-31-24(26)27)7-5-8-22(23)30-2/h5,7-12,19-20,23H,3-4,6,13-17H2,1-2H3. The van der Waals surface area contributed by atoms with E-state index in [-0.39, 0.29) is 24.1 Å².